The minimum Gasteiger partial charge on any atom is -0.251 e. The van der Waals surface area contributed by atoms with Gasteiger partial charge < -0.3 is 0 Å². The lowest BCUT2D eigenvalue weighted by atomic mass is 10.5. The van der Waals surface area contributed by atoms with E-state index in [1.54, 1.807) is 0 Å². The van der Waals surface area contributed by atoms with Crippen molar-refractivity contribution in [2.45, 2.75) is 11.9 Å². The van der Waals surface area contributed by atoms with Crippen LogP contribution in [0.5, 0.6) is 0 Å². The molecular weight excluding hydrogens is 135 g/mol. The Labute approximate surface area is 46.6 Å². The first-order chi connectivity index (χ1) is 3.67. The molecule has 1 heterocycles. The zero-order chi connectivity index (χ0) is 6.20. The first-order valence-electron chi connectivity index (χ1n) is 2.15. The van der Waals surface area contributed by atoms with E-state index in [9.17, 15) is 12.8 Å². The van der Waals surface area contributed by atoms with Crippen molar-refractivity contribution in [3.8, 4) is 0 Å². The van der Waals surface area contributed by atoms with E-state index in [0.29, 0.717) is 0 Å². The van der Waals surface area contributed by atoms with Gasteiger partial charge in [-0.1, -0.05) is 0 Å². The molecule has 0 aromatic carbocycles. The van der Waals surface area contributed by atoms with Gasteiger partial charge in [-0.25, -0.2) is 4.18 Å². The Bertz CT molecular complexity index is 173. The predicted molar refractivity (Wildman–Crippen MR) is 24.4 cm³/mol. The van der Waals surface area contributed by atoms with E-state index in [1.165, 1.54) is 0 Å². The highest BCUT2D eigenvalue weighted by Crippen LogP contribution is 2.26. The van der Waals surface area contributed by atoms with Crippen LogP contribution in [0.1, 0.15) is 6.42 Å². The molecule has 5 heteroatoms. The highest BCUT2D eigenvalue weighted by molar-refractivity contribution is 7.92. The Balaban J connectivity index is 2.38. The van der Waals surface area contributed by atoms with Crippen molar-refractivity contribution in [3.63, 3.8) is 0 Å². The zero-order valence-electron chi connectivity index (χ0n) is 4.00. The van der Waals surface area contributed by atoms with E-state index in [4.69, 9.17) is 0 Å². The lowest BCUT2D eigenvalue weighted by Crippen LogP contribution is -1.88. The van der Waals surface area contributed by atoms with E-state index < -0.39 is 22.2 Å². The Morgan fingerprint density at radius 2 is 2.12 bits per heavy atom. The summed E-state index contributed by atoms with van der Waals surface area (Å²) in [6.45, 7) is -0.635. The van der Waals surface area contributed by atoms with Gasteiger partial charge in [0.05, 0.1) is 6.67 Å². The molecule has 0 N–H and O–H groups in total. The Hall–Kier alpha value is -0.160. The van der Waals surface area contributed by atoms with Crippen LogP contribution < -0.4 is 0 Å². The van der Waals surface area contributed by atoms with Crippen LogP contribution in [0.25, 0.3) is 0 Å². The fourth-order valence-electron chi connectivity index (χ4n) is 0.408. The molecule has 0 aliphatic carbocycles. The third kappa shape index (κ3) is 0.976. The minimum absolute atomic E-state index is 0.0255. The molecule has 1 aliphatic heterocycles. The number of rotatable bonds is 2. The van der Waals surface area contributed by atoms with Crippen molar-refractivity contribution in [1.82, 2.24) is 0 Å². The van der Waals surface area contributed by atoms with Crippen molar-refractivity contribution < 1.29 is 17.0 Å². The molecule has 0 aromatic heterocycles. The predicted octanol–water partition coefficient (Wildman–Crippen LogP) is 0.0321. The molecule has 1 atom stereocenters. The molecule has 1 unspecified atom stereocenters. The monoisotopic (exact) mass is 140 g/mol. The smallest absolute Gasteiger partial charge is 0.251 e. The molecule has 3 nitrogen and oxygen atoms in total. The van der Waals surface area contributed by atoms with Crippen LogP contribution >= 0.6 is 0 Å². The molecule has 0 radical (unpaired) electrons. The second-order valence-corrected chi connectivity index (χ2v) is 3.20. The summed E-state index contributed by atoms with van der Waals surface area (Å²) in [4.78, 5) is 0. The van der Waals surface area contributed by atoms with Crippen molar-refractivity contribution in [3.05, 3.63) is 0 Å². The molecule has 0 bridgehead atoms. The van der Waals surface area contributed by atoms with Gasteiger partial charge in [-0.2, -0.15) is 8.42 Å². The number of hydrogen-bond donors (Lipinski definition) is 0. The van der Waals surface area contributed by atoms with Gasteiger partial charge in [0.25, 0.3) is 10.1 Å². The van der Waals surface area contributed by atoms with Gasteiger partial charge in [0, 0.05) is 6.42 Å². The highest BCUT2D eigenvalue weighted by atomic mass is 32.2. The van der Waals surface area contributed by atoms with Crippen LogP contribution in [-0.4, -0.2) is 20.5 Å². The van der Waals surface area contributed by atoms with Crippen LogP contribution in [0.15, 0.2) is 0 Å². The minimum atomic E-state index is -3.26. The summed E-state index contributed by atoms with van der Waals surface area (Å²) in [5.74, 6) is 0. The fourth-order valence-corrected chi connectivity index (χ4v) is 1.33. The molecule has 1 saturated heterocycles. The maximum absolute atomic E-state index is 11.3. The quantitative estimate of drug-likeness (QED) is 0.508. The molecule has 0 amide bonds. The molecule has 0 saturated carbocycles. The highest BCUT2D eigenvalue weighted by Gasteiger charge is 2.45. The largest absolute Gasteiger partial charge is 0.297 e. The van der Waals surface area contributed by atoms with Gasteiger partial charge in [-0.15, -0.1) is 0 Å². The average molecular weight is 140 g/mol. The third-order valence-corrected chi connectivity index (χ3v) is 2.16. The average Bonchev–Trinajstić information content (AvgIpc) is 2.15. The Kier molecular flexibility index (Phi) is 1.24. The van der Waals surface area contributed by atoms with Crippen molar-refractivity contribution >= 4 is 10.1 Å². The summed E-state index contributed by atoms with van der Waals surface area (Å²) in [5.41, 5.74) is -0.840. The standard InChI is InChI=1S/C3H5FO3S/c4-2-1-3-7-8(3,5)6/h3H,1-2H2. The normalized spacial score (nSPS) is 32.4. The van der Waals surface area contributed by atoms with Crippen LogP contribution in [0.2, 0.25) is 0 Å². The molecule has 0 spiro atoms. The lowest BCUT2D eigenvalue weighted by molar-refractivity contribution is 0.379. The summed E-state index contributed by atoms with van der Waals surface area (Å²) >= 11 is 0. The van der Waals surface area contributed by atoms with Gasteiger partial charge in [0.1, 0.15) is 0 Å². The van der Waals surface area contributed by atoms with Crippen LogP contribution in [0.4, 0.5) is 4.39 Å². The van der Waals surface area contributed by atoms with Crippen molar-refractivity contribution in [2.24, 2.45) is 0 Å². The molecule has 1 rings (SSSR count). The van der Waals surface area contributed by atoms with E-state index in [2.05, 4.69) is 4.18 Å². The zero-order valence-corrected chi connectivity index (χ0v) is 4.82. The van der Waals surface area contributed by atoms with Crippen LogP contribution in [0, 0.1) is 0 Å². The lowest BCUT2D eigenvalue weighted by Gasteiger charge is -1.74. The third-order valence-electron chi connectivity index (χ3n) is 0.870. The van der Waals surface area contributed by atoms with Gasteiger partial charge in [0.15, 0.2) is 0 Å². The molecule has 0 aromatic rings. The molecule has 48 valence electrons. The first kappa shape index (κ1) is 5.97. The fraction of sp³-hybridized carbons (Fsp3) is 1.00. The van der Waals surface area contributed by atoms with Crippen LogP contribution in [-0.2, 0) is 14.3 Å². The Morgan fingerprint density at radius 3 is 2.25 bits per heavy atom. The first-order valence-corrected chi connectivity index (χ1v) is 3.62. The van der Waals surface area contributed by atoms with Crippen LogP contribution in [0.3, 0.4) is 0 Å². The maximum Gasteiger partial charge on any atom is 0.297 e. The summed E-state index contributed by atoms with van der Waals surface area (Å²) in [7, 11) is -3.26. The van der Waals surface area contributed by atoms with Gasteiger partial charge in [0.2, 0.25) is 5.44 Å². The summed E-state index contributed by atoms with van der Waals surface area (Å²) in [5, 5.41) is 0. The van der Waals surface area contributed by atoms with Crippen molar-refractivity contribution in [2.75, 3.05) is 6.67 Å². The van der Waals surface area contributed by atoms with Gasteiger partial charge in [-0.05, 0) is 0 Å². The second kappa shape index (κ2) is 1.66. The van der Waals surface area contributed by atoms with E-state index >= 15 is 0 Å². The number of hydrogen-bond acceptors (Lipinski definition) is 3. The Morgan fingerprint density at radius 1 is 1.62 bits per heavy atom. The molecule has 1 fully saturated rings. The van der Waals surface area contributed by atoms with Gasteiger partial charge >= 0.3 is 0 Å². The van der Waals surface area contributed by atoms with E-state index in [1.807, 2.05) is 0 Å². The summed E-state index contributed by atoms with van der Waals surface area (Å²) < 4.78 is 35.5. The molecular formula is C3H5FO3S. The van der Waals surface area contributed by atoms with Gasteiger partial charge in [-0.3, -0.25) is 4.39 Å². The number of halogens is 1. The number of alkyl halides is 1. The summed E-state index contributed by atoms with van der Waals surface area (Å²) in [6, 6.07) is 0. The van der Waals surface area contributed by atoms with E-state index in [-0.39, 0.29) is 6.42 Å². The maximum atomic E-state index is 11.3. The van der Waals surface area contributed by atoms with E-state index in [0.717, 1.165) is 0 Å². The topological polar surface area (TPSA) is 46.7 Å². The molecule has 1 aliphatic rings. The second-order valence-electron chi connectivity index (χ2n) is 1.50. The van der Waals surface area contributed by atoms with Crippen molar-refractivity contribution in [1.29, 1.82) is 0 Å². The molecule has 8 heavy (non-hydrogen) atoms. The SMILES string of the molecule is O=S1(=O)OC1CCF. The summed E-state index contributed by atoms with van der Waals surface area (Å²) in [6.07, 6.45) is -0.0255.